The number of rotatable bonds is 9. The van der Waals surface area contributed by atoms with E-state index < -0.39 is 5.41 Å². The molecule has 0 N–H and O–H groups in total. The van der Waals surface area contributed by atoms with Gasteiger partial charge in [-0.3, -0.25) is 9.59 Å². The molecule has 1 heterocycles. The van der Waals surface area contributed by atoms with E-state index in [9.17, 15) is 19.2 Å². The molecule has 5 heteroatoms. The summed E-state index contributed by atoms with van der Waals surface area (Å²) >= 11 is 0. The third-order valence-electron chi connectivity index (χ3n) is 7.28. The van der Waals surface area contributed by atoms with E-state index in [1.807, 2.05) is 43.3 Å². The molecule has 1 saturated heterocycles. The van der Waals surface area contributed by atoms with Crippen LogP contribution < -0.4 is 0 Å². The number of piperidine rings is 1. The summed E-state index contributed by atoms with van der Waals surface area (Å²) in [6.07, 6.45) is 3.10. The van der Waals surface area contributed by atoms with Crippen LogP contribution in [0.15, 0.2) is 78.9 Å². The van der Waals surface area contributed by atoms with E-state index in [1.54, 1.807) is 30.3 Å². The Morgan fingerprint density at radius 2 is 1.61 bits per heavy atom. The Hall–Kier alpha value is -3.62. The number of Topliss-reactive ketones (excluding diaryl/α,β-unsaturated/α-hetero) is 1. The highest BCUT2D eigenvalue weighted by atomic mass is 19.1. The normalized spacial score (nSPS) is 16.1. The van der Waals surface area contributed by atoms with Crippen molar-refractivity contribution in [3.8, 4) is 6.07 Å². The molecular formula is C31H31FN2O2. The molecule has 3 aromatic rings. The van der Waals surface area contributed by atoms with Crippen LogP contribution >= 0.6 is 0 Å². The van der Waals surface area contributed by atoms with Gasteiger partial charge in [0.1, 0.15) is 5.82 Å². The molecule has 1 unspecified atom stereocenters. The fourth-order valence-electron chi connectivity index (χ4n) is 4.95. The molecule has 0 radical (unpaired) electrons. The summed E-state index contributed by atoms with van der Waals surface area (Å²) in [5.74, 6) is -0.311. The summed E-state index contributed by atoms with van der Waals surface area (Å²) < 4.78 is 13.2. The van der Waals surface area contributed by atoms with E-state index in [1.165, 1.54) is 12.1 Å². The fourth-order valence-corrected chi connectivity index (χ4v) is 4.95. The molecule has 36 heavy (non-hydrogen) atoms. The topological polar surface area (TPSA) is 61.2 Å². The van der Waals surface area contributed by atoms with Gasteiger partial charge in [-0.15, -0.1) is 0 Å². The lowest BCUT2D eigenvalue weighted by Gasteiger charge is -2.32. The largest absolute Gasteiger partial charge is 0.303 e. The van der Waals surface area contributed by atoms with Gasteiger partial charge in [0.15, 0.2) is 11.6 Å². The minimum Gasteiger partial charge on any atom is -0.303 e. The lowest BCUT2D eigenvalue weighted by atomic mass is 9.79. The van der Waals surface area contributed by atoms with Crippen LogP contribution in [-0.2, 0) is 5.41 Å². The summed E-state index contributed by atoms with van der Waals surface area (Å²) in [6.45, 7) is 4.47. The van der Waals surface area contributed by atoms with Crippen molar-refractivity contribution in [3.05, 3.63) is 107 Å². The van der Waals surface area contributed by atoms with E-state index in [-0.39, 0.29) is 23.3 Å². The van der Waals surface area contributed by atoms with Crippen LogP contribution in [0.3, 0.4) is 0 Å². The van der Waals surface area contributed by atoms with Crippen molar-refractivity contribution in [1.29, 1.82) is 5.26 Å². The molecule has 1 aliphatic rings. The second-order valence-electron chi connectivity index (χ2n) is 9.81. The van der Waals surface area contributed by atoms with Crippen molar-refractivity contribution in [2.75, 3.05) is 19.6 Å². The van der Waals surface area contributed by atoms with Gasteiger partial charge < -0.3 is 4.90 Å². The van der Waals surface area contributed by atoms with E-state index >= 15 is 0 Å². The van der Waals surface area contributed by atoms with Crippen LogP contribution in [0.5, 0.6) is 0 Å². The quantitative estimate of drug-likeness (QED) is 0.340. The second-order valence-corrected chi connectivity index (χ2v) is 9.81. The summed E-state index contributed by atoms with van der Waals surface area (Å²) in [4.78, 5) is 28.0. The molecule has 0 bridgehead atoms. The Kier molecular flexibility index (Phi) is 8.07. The van der Waals surface area contributed by atoms with E-state index in [0.29, 0.717) is 23.1 Å². The highest BCUT2D eigenvalue weighted by Crippen LogP contribution is 2.30. The van der Waals surface area contributed by atoms with Crippen LogP contribution in [0.2, 0.25) is 0 Å². The minimum absolute atomic E-state index is 0.0269. The van der Waals surface area contributed by atoms with Gasteiger partial charge in [-0.1, -0.05) is 48.5 Å². The third kappa shape index (κ3) is 5.95. The molecule has 1 atom stereocenters. The highest BCUT2D eigenvalue weighted by Gasteiger charge is 2.29. The fraction of sp³-hybridized carbons (Fsp3) is 0.323. The number of ketones is 2. The smallest absolute Gasteiger partial charge is 0.193 e. The second kappa shape index (κ2) is 11.4. The number of carbonyl (C=O) groups is 2. The van der Waals surface area contributed by atoms with Crippen molar-refractivity contribution in [3.63, 3.8) is 0 Å². The average Bonchev–Trinajstić information content (AvgIpc) is 2.93. The van der Waals surface area contributed by atoms with Gasteiger partial charge in [0.2, 0.25) is 0 Å². The van der Waals surface area contributed by atoms with Gasteiger partial charge in [0.25, 0.3) is 0 Å². The summed E-state index contributed by atoms with van der Waals surface area (Å²) in [6, 6.07) is 24.9. The van der Waals surface area contributed by atoms with E-state index in [4.69, 9.17) is 0 Å². The average molecular weight is 483 g/mol. The van der Waals surface area contributed by atoms with Crippen molar-refractivity contribution in [2.45, 2.75) is 38.0 Å². The number of hydrogen-bond acceptors (Lipinski definition) is 4. The number of nitriles is 1. The minimum atomic E-state index is -0.691. The first-order valence-electron chi connectivity index (χ1n) is 12.5. The third-order valence-corrected chi connectivity index (χ3v) is 7.28. The van der Waals surface area contributed by atoms with Crippen molar-refractivity contribution < 1.29 is 14.0 Å². The lowest BCUT2D eigenvalue weighted by Crippen LogP contribution is -2.37. The molecule has 3 aromatic carbocycles. The van der Waals surface area contributed by atoms with E-state index in [0.717, 1.165) is 44.5 Å². The number of carbonyl (C=O) groups excluding carboxylic acids is 2. The van der Waals surface area contributed by atoms with Gasteiger partial charge >= 0.3 is 0 Å². The zero-order valence-electron chi connectivity index (χ0n) is 20.6. The summed E-state index contributed by atoms with van der Waals surface area (Å²) in [7, 11) is 0. The molecule has 0 aliphatic carbocycles. The number of likely N-dealkylation sites (tertiary alicyclic amines) is 1. The SMILES string of the molecule is CC(C#N)(CCCN1CCC(C(=O)c2ccc(F)cc2)CC1)c1cccc(C(=O)c2ccccc2)c1. The zero-order valence-corrected chi connectivity index (χ0v) is 20.6. The van der Waals surface area contributed by atoms with Crippen LogP contribution in [-0.4, -0.2) is 36.1 Å². The van der Waals surface area contributed by atoms with Crippen molar-refractivity contribution >= 4 is 11.6 Å². The standard InChI is InChI=1S/C31H31FN2O2/c1-31(22-33,27-10-5-9-26(21-27)30(36)23-7-3-2-4-8-23)17-6-18-34-19-15-25(16-20-34)29(35)24-11-13-28(32)14-12-24/h2-5,7-14,21,25H,6,15-20H2,1H3. The molecule has 0 aromatic heterocycles. The number of hydrogen-bond donors (Lipinski definition) is 0. The van der Waals surface area contributed by atoms with Gasteiger partial charge in [-0.2, -0.15) is 5.26 Å². The summed E-state index contributed by atoms with van der Waals surface area (Å²) in [5, 5.41) is 10.0. The molecule has 0 saturated carbocycles. The van der Waals surface area contributed by atoms with Gasteiger partial charge in [0, 0.05) is 22.6 Å². The Morgan fingerprint density at radius 3 is 2.28 bits per heavy atom. The first-order valence-corrected chi connectivity index (χ1v) is 12.5. The predicted octanol–water partition coefficient (Wildman–Crippen LogP) is 6.21. The van der Waals surface area contributed by atoms with Crippen LogP contribution in [0.1, 0.15) is 64.4 Å². The molecule has 0 amide bonds. The molecule has 0 spiro atoms. The monoisotopic (exact) mass is 482 g/mol. The maximum Gasteiger partial charge on any atom is 0.193 e. The zero-order chi connectivity index (χ0) is 25.5. The molecule has 4 rings (SSSR count). The Labute approximate surface area is 212 Å². The summed E-state index contributed by atoms with van der Waals surface area (Å²) in [5.41, 5.74) is 1.97. The molecule has 4 nitrogen and oxygen atoms in total. The number of halogens is 1. The molecule has 184 valence electrons. The Morgan fingerprint density at radius 1 is 0.944 bits per heavy atom. The van der Waals surface area contributed by atoms with Gasteiger partial charge in [-0.25, -0.2) is 4.39 Å². The first kappa shape index (κ1) is 25.5. The van der Waals surface area contributed by atoms with Crippen LogP contribution in [0, 0.1) is 23.1 Å². The predicted molar refractivity (Wildman–Crippen MR) is 138 cm³/mol. The van der Waals surface area contributed by atoms with E-state index in [2.05, 4.69) is 11.0 Å². The number of nitrogens with zero attached hydrogens (tertiary/aromatic N) is 2. The maximum atomic E-state index is 13.2. The van der Waals surface area contributed by atoms with Crippen LogP contribution in [0.25, 0.3) is 0 Å². The van der Waals surface area contributed by atoms with Gasteiger partial charge in [-0.05, 0) is 88.1 Å². The van der Waals surface area contributed by atoms with Crippen molar-refractivity contribution in [2.24, 2.45) is 5.92 Å². The number of benzene rings is 3. The highest BCUT2D eigenvalue weighted by molar-refractivity contribution is 6.09. The Balaban J connectivity index is 1.31. The van der Waals surface area contributed by atoms with Crippen LogP contribution in [0.4, 0.5) is 4.39 Å². The van der Waals surface area contributed by atoms with Crippen molar-refractivity contribution in [1.82, 2.24) is 4.90 Å². The molecule has 1 aliphatic heterocycles. The first-order chi connectivity index (χ1) is 17.4. The Bertz CT molecular complexity index is 1240. The maximum absolute atomic E-state index is 13.2. The molecular weight excluding hydrogens is 451 g/mol. The van der Waals surface area contributed by atoms with Gasteiger partial charge in [0.05, 0.1) is 11.5 Å². The molecule has 1 fully saturated rings. The lowest BCUT2D eigenvalue weighted by molar-refractivity contribution is 0.0838.